The van der Waals surface area contributed by atoms with E-state index in [4.69, 9.17) is 34.5 Å². The maximum atomic E-state index is 14.7. The van der Waals surface area contributed by atoms with Gasteiger partial charge in [-0.2, -0.15) is 0 Å². The maximum absolute atomic E-state index is 14.7. The zero-order valence-electron chi connectivity index (χ0n) is 43.2. The average Bonchev–Trinajstić information content (AvgIpc) is 3.42. The van der Waals surface area contributed by atoms with E-state index < -0.39 is 101 Å². The molecule has 79 heavy (non-hydrogen) atoms. The number of hydrogen-bond acceptors (Lipinski definition) is 16. The number of anilines is 1. The second-order valence-electron chi connectivity index (χ2n) is 18.7. The first-order chi connectivity index (χ1) is 37.7. The van der Waals surface area contributed by atoms with Gasteiger partial charge in [0.1, 0.15) is 53.8 Å². The number of primary amides is 1. The largest absolute Gasteiger partial charge is 0.508 e. The summed E-state index contributed by atoms with van der Waals surface area (Å²) >= 11 is 6.07. The number of carbonyl (C=O) groups is 9. The lowest BCUT2D eigenvalue weighted by Gasteiger charge is -2.28. The van der Waals surface area contributed by atoms with Gasteiger partial charge in [-0.25, -0.2) is 0 Å². The van der Waals surface area contributed by atoms with Crippen LogP contribution in [-0.4, -0.2) is 136 Å². The number of benzene rings is 4. The van der Waals surface area contributed by atoms with Crippen molar-refractivity contribution in [3.8, 4) is 11.5 Å². The predicted octanol–water partition coefficient (Wildman–Crippen LogP) is -0.331. The number of amides is 9. The minimum absolute atomic E-state index is 0.0315. The molecule has 4 aromatic carbocycles. The summed E-state index contributed by atoms with van der Waals surface area (Å²) in [6, 6.07) is 13.8. The molecule has 1 heterocycles. The fraction of sp³-hybridized carbons (Fsp3) is 0.377. The van der Waals surface area contributed by atoms with E-state index in [2.05, 4.69) is 42.5 Å². The normalized spacial score (nSPS) is 20.6. The Hall–Kier alpha value is -7.42. The zero-order chi connectivity index (χ0) is 57.6. The second kappa shape index (κ2) is 31.2. The van der Waals surface area contributed by atoms with Crippen molar-refractivity contribution < 1.29 is 53.4 Å². The van der Waals surface area contributed by atoms with Gasteiger partial charge >= 0.3 is 0 Å². The van der Waals surface area contributed by atoms with Crippen molar-refractivity contribution in [3.63, 3.8) is 0 Å². The molecule has 0 bridgehead atoms. The quantitative estimate of drug-likeness (QED) is 0.0422. The summed E-state index contributed by atoms with van der Waals surface area (Å²) in [6.07, 6.45) is 0.394. The molecule has 26 heteroatoms. The molecule has 0 aromatic heterocycles. The molecule has 5 rings (SSSR count). The SMILES string of the molecule is C[C@@H]1NC(=O)[C@H](CCCCN)NC(=O)[C@@H](Cc2ccc(NC(=O)CN)cc2)NC(=O)[C@H](Cc2ccc(O)cc2)NC(=O)[C@H](NC(=O)[C@@H](N)Cc2ccc(Cl)cc2)CSSC[C@@H](C(=O)N[C@H](Cc2ccc(O)cc2)C(N)=O)NC1=O. The first-order valence-corrected chi connectivity index (χ1v) is 28.1. The fourth-order valence-electron chi connectivity index (χ4n) is 7.92. The van der Waals surface area contributed by atoms with Gasteiger partial charge in [-0.15, -0.1) is 0 Å². The van der Waals surface area contributed by atoms with Gasteiger partial charge in [0.05, 0.1) is 12.6 Å². The number of halogens is 1. The molecule has 18 N–H and O–H groups in total. The van der Waals surface area contributed by atoms with Crippen LogP contribution in [0.15, 0.2) is 97.1 Å². The van der Waals surface area contributed by atoms with Crippen LogP contribution < -0.4 is 65.5 Å². The van der Waals surface area contributed by atoms with Crippen molar-refractivity contribution in [1.82, 2.24) is 37.2 Å². The minimum Gasteiger partial charge on any atom is -0.508 e. The van der Waals surface area contributed by atoms with Gasteiger partial charge in [-0.3, -0.25) is 43.2 Å². The molecule has 0 spiro atoms. The molecule has 1 aliphatic heterocycles. The number of phenols is 2. The number of nitrogens with two attached hydrogens (primary N) is 4. The summed E-state index contributed by atoms with van der Waals surface area (Å²) in [5.41, 5.74) is 25.9. The van der Waals surface area contributed by atoms with Gasteiger partial charge in [0.2, 0.25) is 53.2 Å². The molecule has 0 saturated carbocycles. The lowest BCUT2D eigenvalue weighted by atomic mass is 10.0. The van der Waals surface area contributed by atoms with E-state index in [0.717, 1.165) is 21.6 Å². The van der Waals surface area contributed by atoms with E-state index in [9.17, 15) is 53.4 Å². The number of rotatable bonds is 19. The third kappa shape index (κ3) is 20.7. The van der Waals surface area contributed by atoms with Crippen LogP contribution in [0.4, 0.5) is 5.69 Å². The maximum Gasteiger partial charge on any atom is 0.244 e. The Labute approximate surface area is 469 Å². The molecule has 8 atom stereocenters. The number of aromatic hydroxyl groups is 2. The molecule has 424 valence electrons. The molecule has 1 fully saturated rings. The fourth-order valence-corrected chi connectivity index (χ4v) is 10.4. The van der Waals surface area contributed by atoms with Crippen LogP contribution in [0.3, 0.4) is 0 Å². The van der Waals surface area contributed by atoms with Crippen LogP contribution >= 0.6 is 33.2 Å². The molecular formula is C53H67ClN12O11S2. The molecule has 0 radical (unpaired) electrons. The standard InChI is InChI=1S/C53H67ClN12O11S2/c1-29-47(71)65-43(52(76)62-40(46(58)70)23-32-9-17-36(67)18-10-32)27-78-79-28-44(66-48(72)38(57)22-30-5-13-34(54)14-6-30)53(77)64-42(25-33-11-19-37(68)20-12-33)51(75)63-41(24-31-7-15-35(16-8-31)60-45(69)26-56)50(74)61-39(49(73)59-29)4-2-3-21-55/h5-20,29,38-44,67-68H,2-4,21-28,55-57H2,1H3,(H2,58,70)(H,59,73)(H,60,69)(H,61,74)(H,62,76)(H,63,75)(H,64,77)(H,65,71)(H,66,72)/t29-,38-,39-,40+,41+,42-,43-,44+/m0/s1. The van der Waals surface area contributed by atoms with Gasteiger partial charge in [0.15, 0.2) is 0 Å². The van der Waals surface area contributed by atoms with Crippen LogP contribution in [-0.2, 0) is 68.8 Å². The van der Waals surface area contributed by atoms with Gasteiger partial charge in [0, 0.05) is 41.5 Å². The molecule has 0 aliphatic carbocycles. The number of nitrogens with one attached hydrogen (secondary N) is 8. The summed E-state index contributed by atoms with van der Waals surface area (Å²) in [5.74, 6) is -7.71. The van der Waals surface area contributed by atoms with Crippen LogP contribution in [0.5, 0.6) is 11.5 Å². The highest BCUT2D eigenvalue weighted by Crippen LogP contribution is 2.24. The Bertz CT molecular complexity index is 2750. The molecular weight excluding hydrogens is 1080 g/mol. The highest BCUT2D eigenvalue weighted by Gasteiger charge is 2.35. The van der Waals surface area contributed by atoms with Gasteiger partial charge in [0.25, 0.3) is 0 Å². The third-order valence-electron chi connectivity index (χ3n) is 12.4. The summed E-state index contributed by atoms with van der Waals surface area (Å²) < 4.78 is 0. The van der Waals surface area contributed by atoms with Crippen LogP contribution in [0.25, 0.3) is 0 Å². The van der Waals surface area contributed by atoms with E-state index in [1.165, 1.54) is 55.5 Å². The highest BCUT2D eigenvalue weighted by molar-refractivity contribution is 8.76. The predicted molar refractivity (Wildman–Crippen MR) is 301 cm³/mol. The molecule has 0 unspecified atom stereocenters. The molecule has 1 saturated heterocycles. The van der Waals surface area contributed by atoms with Crippen LogP contribution in [0, 0.1) is 0 Å². The van der Waals surface area contributed by atoms with Crippen molar-refractivity contribution in [2.75, 3.05) is 29.9 Å². The van der Waals surface area contributed by atoms with E-state index >= 15 is 0 Å². The number of phenolic OH excluding ortho intramolecular Hbond substituents is 2. The van der Waals surface area contributed by atoms with E-state index in [1.807, 2.05) is 0 Å². The van der Waals surface area contributed by atoms with Crippen molar-refractivity contribution in [2.45, 2.75) is 100 Å². The van der Waals surface area contributed by atoms with E-state index in [0.29, 0.717) is 45.8 Å². The Balaban J connectivity index is 1.54. The Morgan fingerprint density at radius 3 is 1.72 bits per heavy atom. The summed E-state index contributed by atoms with van der Waals surface area (Å²) in [6.45, 7) is 1.33. The highest BCUT2D eigenvalue weighted by atomic mass is 35.5. The van der Waals surface area contributed by atoms with Crippen molar-refractivity contribution in [3.05, 3.63) is 124 Å². The van der Waals surface area contributed by atoms with Crippen LogP contribution in [0.1, 0.15) is 48.4 Å². The Morgan fingerprint density at radius 1 is 0.646 bits per heavy atom. The second-order valence-corrected chi connectivity index (χ2v) is 21.7. The third-order valence-corrected chi connectivity index (χ3v) is 15.1. The monoisotopic (exact) mass is 1150 g/mol. The van der Waals surface area contributed by atoms with Gasteiger partial charge in [-0.1, -0.05) is 81.7 Å². The lowest BCUT2D eigenvalue weighted by Crippen LogP contribution is -2.61. The number of hydrogen-bond donors (Lipinski definition) is 14. The Morgan fingerprint density at radius 2 is 1.15 bits per heavy atom. The van der Waals surface area contributed by atoms with E-state index in [-0.39, 0.29) is 68.2 Å². The van der Waals surface area contributed by atoms with Gasteiger partial charge in [-0.05, 0) is 110 Å². The first kappa shape index (κ1) is 62.4. The number of carbonyl (C=O) groups excluding carboxylic acids is 9. The molecule has 9 amide bonds. The smallest absolute Gasteiger partial charge is 0.244 e. The lowest BCUT2D eigenvalue weighted by molar-refractivity contribution is -0.135. The minimum atomic E-state index is -1.46. The zero-order valence-corrected chi connectivity index (χ0v) is 45.6. The molecule has 4 aromatic rings. The summed E-state index contributed by atoms with van der Waals surface area (Å²) in [7, 11) is 2.00. The molecule has 23 nitrogen and oxygen atoms in total. The average molecular weight is 1150 g/mol. The summed E-state index contributed by atoms with van der Waals surface area (Å²) in [4.78, 5) is 125. The topological polar surface area (TPSA) is 394 Å². The first-order valence-electron chi connectivity index (χ1n) is 25.2. The Kier molecular flexibility index (Phi) is 24.7. The van der Waals surface area contributed by atoms with E-state index in [1.54, 1.807) is 48.5 Å². The van der Waals surface area contributed by atoms with Crippen molar-refractivity contribution in [1.29, 1.82) is 0 Å². The van der Waals surface area contributed by atoms with Crippen molar-refractivity contribution in [2.24, 2.45) is 22.9 Å². The van der Waals surface area contributed by atoms with Crippen LogP contribution in [0.2, 0.25) is 5.02 Å². The number of unbranched alkanes of at least 4 members (excludes halogenated alkanes) is 1. The summed E-state index contributed by atoms with van der Waals surface area (Å²) in [5, 5.41) is 41.7. The van der Waals surface area contributed by atoms with Gasteiger partial charge < -0.3 is 75.7 Å². The van der Waals surface area contributed by atoms with Crippen molar-refractivity contribution >= 4 is 92.0 Å². The molecule has 1 aliphatic rings.